The summed E-state index contributed by atoms with van der Waals surface area (Å²) in [6.07, 6.45) is 5.22. The molecule has 5 nitrogen and oxygen atoms in total. The normalized spacial score (nSPS) is 20.9. The van der Waals surface area contributed by atoms with E-state index in [9.17, 15) is 9.90 Å². The van der Waals surface area contributed by atoms with Gasteiger partial charge in [-0.15, -0.1) is 11.3 Å². The number of carbonyl (C=O) groups is 1. The van der Waals surface area contributed by atoms with E-state index in [0.29, 0.717) is 28.6 Å². The molecule has 1 aliphatic carbocycles. The lowest BCUT2D eigenvalue weighted by molar-refractivity contribution is 0.0142. The Morgan fingerprint density at radius 2 is 1.94 bits per heavy atom. The summed E-state index contributed by atoms with van der Waals surface area (Å²) < 4.78 is 7.10. The zero-order valence-electron chi connectivity index (χ0n) is 17.8. The second-order valence-electron chi connectivity index (χ2n) is 8.63. The van der Waals surface area contributed by atoms with Gasteiger partial charge in [0.05, 0.1) is 15.8 Å². The van der Waals surface area contributed by atoms with Gasteiger partial charge in [0.1, 0.15) is 5.75 Å². The Hall–Kier alpha value is -3.09. The van der Waals surface area contributed by atoms with Gasteiger partial charge in [0.15, 0.2) is 5.01 Å². The van der Waals surface area contributed by atoms with E-state index in [1.54, 1.807) is 30.5 Å². The molecule has 6 heteroatoms. The van der Waals surface area contributed by atoms with E-state index in [-0.39, 0.29) is 11.7 Å². The molecule has 2 aromatic heterocycles. The summed E-state index contributed by atoms with van der Waals surface area (Å²) in [5.74, 6) is 1.29. The summed E-state index contributed by atoms with van der Waals surface area (Å²) in [4.78, 5) is 21.8. The monoisotopic (exact) mass is 444 g/mol. The van der Waals surface area contributed by atoms with Gasteiger partial charge in [-0.05, 0) is 81.0 Å². The molecule has 0 aliphatic heterocycles. The molecular formula is C26H24N2O3S. The molecule has 2 heterocycles. The summed E-state index contributed by atoms with van der Waals surface area (Å²) in [6.45, 7) is 1.90. The van der Waals surface area contributed by atoms with Crippen LogP contribution in [-0.2, 0) is 0 Å². The molecule has 0 bridgehead atoms. The summed E-state index contributed by atoms with van der Waals surface area (Å²) in [5.41, 5.74) is 1.77. The topological polar surface area (TPSA) is 72.3 Å². The van der Waals surface area contributed by atoms with Crippen molar-refractivity contribution in [1.82, 2.24) is 9.97 Å². The number of ketones is 1. The fourth-order valence-electron chi connectivity index (χ4n) is 4.41. The predicted molar refractivity (Wildman–Crippen MR) is 126 cm³/mol. The van der Waals surface area contributed by atoms with E-state index >= 15 is 0 Å². The lowest BCUT2D eigenvalue weighted by Gasteiger charge is -2.34. The van der Waals surface area contributed by atoms with Crippen LogP contribution >= 0.6 is 11.3 Å². The maximum absolute atomic E-state index is 12.9. The van der Waals surface area contributed by atoms with Crippen LogP contribution < -0.4 is 4.74 Å². The molecule has 2 aromatic carbocycles. The van der Waals surface area contributed by atoms with Gasteiger partial charge in [-0.3, -0.25) is 4.79 Å². The van der Waals surface area contributed by atoms with Gasteiger partial charge in [0.25, 0.3) is 0 Å². The number of benzene rings is 2. The van der Waals surface area contributed by atoms with Crippen LogP contribution in [0.3, 0.4) is 0 Å². The molecule has 1 unspecified atom stereocenters. The molecular weight excluding hydrogens is 420 g/mol. The number of carbonyl (C=O) groups excluding carboxylic acids is 1. The number of rotatable bonds is 5. The Balaban J connectivity index is 1.35. The molecule has 4 aromatic rings. The van der Waals surface area contributed by atoms with Crippen molar-refractivity contribution < 1.29 is 14.6 Å². The molecule has 1 fully saturated rings. The first-order chi connectivity index (χ1) is 15.5. The van der Waals surface area contributed by atoms with Gasteiger partial charge in [0, 0.05) is 17.3 Å². The number of nitrogens with zero attached hydrogens (tertiary/aromatic N) is 2. The van der Waals surface area contributed by atoms with Crippen LogP contribution in [0.25, 0.3) is 10.2 Å². The van der Waals surface area contributed by atoms with E-state index < -0.39 is 5.60 Å². The third kappa shape index (κ3) is 4.29. The number of para-hydroxylation sites is 1. The van der Waals surface area contributed by atoms with Crippen LogP contribution in [0.15, 0.2) is 66.9 Å². The largest absolute Gasteiger partial charge is 0.439 e. The molecule has 0 radical (unpaired) electrons. The number of aromatic nitrogens is 2. The second-order valence-corrected chi connectivity index (χ2v) is 9.66. The predicted octanol–water partition coefficient (Wildman–Crippen LogP) is 6.12. The van der Waals surface area contributed by atoms with Crippen molar-refractivity contribution in [2.45, 2.75) is 44.1 Å². The van der Waals surface area contributed by atoms with Crippen LogP contribution in [0.5, 0.6) is 11.6 Å². The fourth-order valence-corrected chi connectivity index (χ4v) is 5.34. The summed E-state index contributed by atoms with van der Waals surface area (Å²) in [6, 6.07) is 18.8. The highest BCUT2D eigenvalue weighted by Crippen LogP contribution is 2.41. The number of aliphatic hydroxyl groups is 1. The third-order valence-electron chi connectivity index (χ3n) is 6.01. The maximum atomic E-state index is 12.9. The Morgan fingerprint density at radius 1 is 1.12 bits per heavy atom. The van der Waals surface area contributed by atoms with Crippen molar-refractivity contribution in [3.63, 3.8) is 0 Å². The summed E-state index contributed by atoms with van der Waals surface area (Å²) >= 11 is 1.40. The lowest BCUT2D eigenvalue weighted by atomic mass is 9.76. The van der Waals surface area contributed by atoms with Gasteiger partial charge >= 0.3 is 0 Å². The molecule has 0 amide bonds. The molecule has 1 N–H and O–H groups in total. The van der Waals surface area contributed by atoms with E-state index in [0.717, 1.165) is 35.0 Å². The minimum atomic E-state index is -0.654. The highest BCUT2D eigenvalue weighted by Gasteiger charge is 2.32. The van der Waals surface area contributed by atoms with Gasteiger partial charge in [-0.2, -0.15) is 0 Å². The standard InChI is InChI=1S/C26H24N2O3S/c1-26(30)14-4-6-18(16-26)20-7-5-15-27-24(20)31-19-12-10-17(11-13-19)23(29)25-28-21-8-2-3-9-22(21)32-25/h2-3,5,7-13,15,18,30H,4,6,14,16H2,1H3/t18?,26-/m1/s1. The number of pyridine rings is 1. The SMILES string of the molecule is C[C@@]1(O)CCCC(c2cccnc2Oc2ccc(C(=O)c3nc4ccccc4s3)cc2)C1. The fraction of sp³-hybridized carbons (Fsp3) is 0.269. The van der Waals surface area contributed by atoms with Crippen molar-refractivity contribution in [1.29, 1.82) is 0 Å². The molecule has 1 saturated carbocycles. The van der Waals surface area contributed by atoms with E-state index in [2.05, 4.69) is 9.97 Å². The van der Waals surface area contributed by atoms with Crippen LogP contribution in [-0.4, -0.2) is 26.5 Å². The van der Waals surface area contributed by atoms with Crippen molar-refractivity contribution in [2.24, 2.45) is 0 Å². The van der Waals surface area contributed by atoms with Gasteiger partial charge in [0.2, 0.25) is 11.7 Å². The van der Waals surface area contributed by atoms with Crippen molar-refractivity contribution in [3.05, 3.63) is 83.0 Å². The highest BCUT2D eigenvalue weighted by molar-refractivity contribution is 7.20. The third-order valence-corrected chi connectivity index (χ3v) is 7.05. The molecule has 2 atom stereocenters. The number of hydrogen-bond acceptors (Lipinski definition) is 6. The first-order valence-corrected chi connectivity index (χ1v) is 11.7. The van der Waals surface area contributed by atoms with E-state index in [1.807, 2.05) is 43.3 Å². The molecule has 1 aliphatic rings. The molecule has 0 saturated heterocycles. The first-order valence-electron chi connectivity index (χ1n) is 10.8. The maximum Gasteiger partial charge on any atom is 0.222 e. The van der Waals surface area contributed by atoms with E-state index in [4.69, 9.17) is 4.74 Å². The van der Waals surface area contributed by atoms with Gasteiger partial charge in [-0.1, -0.05) is 18.2 Å². The number of ether oxygens (including phenoxy) is 1. The lowest BCUT2D eigenvalue weighted by Crippen LogP contribution is -2.30. The zero-order valence-corrected chi connectivity index (χ0v) is 18.6. The first kappa shape index (κ1) is 20.8. The number of hydrogen-bond donors (Lipinski definition) is 1. The minimum Gasteiger partial charge on any atom is -0.439 e. The summed E-state index contributed by atoms with van der Waals surface area (Å²) in [7, 11) is 0. The minimum absolute atomic E-state index is 0.0966. The highest BCUT2D eigenvalue weighted by atomic mass is 32.1. The molecule has 5 rings (SSSR count). The Morgan fingerprint density at radius 3 is 2.72 bits per heavy atom. The molecule has 0 spiro atoms. The van der Waals surface area contributed by atoms with Crippen molar-refractivity contribution in [2.75, 3.05) is 0 Å². The van der Waals surface area contributed by atoms with Gasteiger partial charge < -0.3 is 9.84 Å². The average Bonchev–Trinajstić information content (AvgIpc) is 3.23. The summed E-state index contributed by atoms with van der Waals surface area (Å²) in [5, 5.41) is 11.0. The van der Waals surface area contributed by atoms with E-state index in [1.165, 1.54) is 11.3 Å². The number of fused-ring (bicyclic) bond motifs is 1. The van der Waals surface area contributed by atoms with Crippen molar-refractivity contribution >= 4 is 27.3 Å². The Labute approximate surface area is 190 Å². The average molecular weight is 445 g/mol. The quantitative estimate of drug-likeness (QED) is 0.375. The van der Waals surface area contributed by atoms with Crippen LogP contribution in [0.4, 0.5) is 0 Å². The van der Waals surface area contributed by atoms with Gasteiger partial charge in [-0.25, -0.2) is 9.97 Å². The van der Waals surface area contributed by atoms with Crippen molar-refractivity contribution in [3.8, 4) is 11.6 Å². The molecule has 32 heavy (non-hydrogen) atoms. The second kappa shape index (κ2) is 8.45. The zero-order chi connectivity index (χ0) is 22.1. The smallest absolute Gasteiger partial charge is 0.222 e. The number of thiazole rings is 1. The Kier molecular flexibility index (Phi) is 5.49. The van der Waals surface area contributed by atoms with Crippen LogP contribution in [0.1, 0.15) is 59.5 Å². The van der Waals surface area contributed by atoms with Crippen LogP contribution in [0.2, 0.25) is 0 Å². The Bertz CT molecular complexity index is 1230. The molecule has 162 valence electrons. The van der Waals surface area contributed by atoms with Crippen LogP contribution in [0, 0.1) is 0 Å².